The molecule has 0 atom stereocenters. The molecule has 2 N–H and O–H groups in total. The Balaban J connectivity index is 1.94. The number of hydrogen-bond acceptors (Lipinski definition) is 1. The fourth-order valence-corrected chi connectivity index (χ4v) is 1.50. The van der Waals surface area contributed by atoms with Gasteiger partial charge >= 0.3 is 0 Å². The molecule has 1 saturated carbocycles. The minimum atomic E-state index is -0.153. The van der Waals surface area contributed by atoms with Crippen LogP contribution < -0.4 is 5.73 Å². The zero-order chi connectivity index (χ0) is 9.31. The third-order valence-corrected chi connectivity index (χ3v) is 2.69. The van der Waals surface area contributed by atoms with Crippen molar-refractivity contribution in [3.63, 3.8) is 0 Å². The van der Waals surface area contributed by atoms with Gasteiger partial charge in [0.2, 0.25) is 0 Å². The molecule has 0 amide bonds. The number of benzene rings is 1. The maximum atomic E-state index is 12.8. The Bertz CT molecular complexity index is 305. The van der Waals surface area contributed by atoms with Gasteiger partial charge in [0.25, 0.3) is 0 Å². The van der Waals surface area contributed by atoms with Crippen LogP contribution in [0.3, 0.4) is 0 Å². The average Bonchev–Trinajstić information content (AvgIpc) is 2.82. The Kier molecular flexibility index (Phi) is 2.08. The molecular formula is C11H14FN. The van der Waals surface area contributed by atoms with Gasteiger partial charge in [0, 0.05) is 5.54 Å². The minimum absolute atomic E-state index is 0.0757. The molecule has 2 rings (SSSR count). The van der Waals surface area contributed by atoms with Gasteiger partial charge in [-0.25, -0.2) is 4.39 Å². The van der Waals surface area contributed by atoms with Gasteiger partial charge in [0.05, 0.1) is 0 Å². The molecule has 1 fully saturated rings. The van der Waals surface area contributed by atoms with E-state index in [1.807, 2.05) is 6.07 Å². The summed E-state index contributed by atoms with van der Waals surface area (Å²) in [5.74, 6) is -0.153. The van der Waals surface area contributed by atoms with Gasteiger partial charge in [-0.2, -0.15) is 0 Å². The smallest absolute Gasteiger partial charge is 0.123 e. The van der Waals surface area contributed by atoms with Crippen molar-refractivity contribution in [3.8, 4) is 0 Å². The number of halogens is 1. The summed E-state index contributed by atoms with van der Waals surface area (Å²) in [5.41, 5.74) is 7.07. The van der Waals surface area contributed by atoms with E-state index in [2.05, 4.69) is 0 Å². The van der Waals surface area contributed by atoms with Crippen molar-refractivity contribution < 1.29 is 4.39 Å². The molecule has 2 heteroatoms. The second-order valence-electron chi connectivity index (χ2n) is 3.99. The maximum Gasteiger partial charge on any atom is 0.123 e. The van der Waals surface area contributed by atoms with Gasteiger partial charge in [-0.15, -0.1) is 0 Å². The van der Waals surface area contributed by atoms with Gasteiger partial charge < -0.3 is 5.73 Å². The minimum Gasteiger partial charge on any atom is -0.325 e. The molecule has 0 heterocycles. The summed E-state index contributed by atoms with van der Waals surface area (Å²) >= 11 is 0. The van der Waals surface area contributed by atoms with E-state index in [9.17, 15) is 4.39 Å². The fraction of sp³-hybridized carbons (Fsp3) is 0.455. The topological polar surface area (TPSA) is 26.0 Å². The van der Waals surface area contributed by atoms with Crippen molar-refractivity contribution in [2.45, 2.75) is 31.2 Å². The van der Waals surface area contributed by atoms with E-state index >= 15 is 0 Å². The predicted molar refractivity (Wildman–Crippen MR) is 50.9 cm³/mol. The van der Waals surface area contributed by atoms with Crippen molar-refractivity contribution in [2.24, 2.45) is 5.73 Å². The van der Waals surface area contributed by atoms with Crippen molar-refractivity contribution >= 4 is 0 Å². The first-order chi connectivity index (χ1) is 6.18. The second kappa shape index (κ2) is 3.11. The molecular weight excluding hydrogens is 165 g/mol. The second-order valence-corrected chi connectivity index (χ2v) is 3.99. The van der Waals surface area contributed by atoms with E-state index in [-0.39, 0.29) is 11.4 Å². The molecule has 1 aromatic rings. The number of rotatable bonds is 3. The Morgan fingerprint density at radius 2 is 2.15 bits per heavy atom. The molecule has 1 nitrogen and oxygen atoms in total. The van der Waals surface area contributed by atoms with Crippen LogP contribution >= 0.6 is 0 Å². The predicted octanol–water partition coefficient (Wildman–Crippen LogP) is 2.25. The number of nitrogens with two attached hydrogens (primary N) is 1. The number of hydrogen-bond donors (Lipinski definition) is 1. The third-order valence-electron chi connectivity index (χ3n) is 2.69. The van der Waals surface area contributed by atoms with E-state index in [1.54, 1.807) is 12.1 Å². The van der Waals surface area contributed by atoms with E-state index < -0.39 is 0 Å². The lowest BCUT2D eigenvalue weighted by Crippen LogP contribution is -2.22. The summed E-state index contributed by atoms with van der Waals surface area (Å²) in [7, 11) is 0. The monoisotopic (exact) mass is 179 g/mol. The molecule has 0 unspecified atom stereocenters. The highest BCUT2D eigenvalue weighted by atomic mass is 19.1. The van der Waals surface area contributed by atoms with Gasteiger partial charge in [-0.1, -0.05) is 12.1 Å². The molecule has 1 aromatic carbocycles. The van der Waals surface area contributed by atoms with E-state index in [0.717, 1.165) is 31.2 Å². The van der Waals surface area contributed by atoms with Gasteiger partial charge in [0.1, 0.15) is 5.82 Å². The zero-order valence-corrected chi connectivity index (χ0v) is 7.59. The summed E-state index contributed by atoms with van der Waals surface area (Å²) in [6, 6.07) is 6.76. The van der Waals surface area contributed by atoms with Crippen LogP contribution in [0.4, 0.5) is 4.39 Å². The average molecular weight is 179 g/mol. The van der Waals surface area contributed by atoms with E-state index in [4.69, 9.17) is 5.73 Å². The Labute approximate surface area is 77.8 Å². The molecule has 1 aliphatic carbocycles. The van der Waals surface area contributed by atoms with Crippen LogP contribution in [0, 0.1) is 5.82 Å². The highest BCUT2D eigenvalue weighted by Gasteiger charge is 2.37. The standard InChI is InChI=1S/C11H14FN/c12-10-3-1-2-9(8-10)4-5-11(13)6-7-11/h1-3,8H,4-7,13H2. The Morgan fingerprint density at radius 3 is 2.77 bits per heavy atom. The summed E-state index contributed by atoms with van der Waals surface area (Å²) in [5, 5.41) is 0. The highest BCUT2D eigenvalue weighted by molar-refractivity contribution is 5.17. The van der Waals surface area contributed by atoms with Crippen LogP contribution in [0.25, 0.3) is 0 Å². The van der Waals surface area contributed by atoms with E-state index in [1.165, 1.54) is 6.07 Å². The van der Waals surface area contributed by atoms with Crippen molar-refractivity contribution in [1.29, 1.82) is 0 Å². The lowest BCUT2D eigenvalue weighted by molar-refractivity contribution is 0.599. The molecule has 70 valence electrons. The van der Waals surface area contributed by atoms with Crippen molar-refractivity contribution in [1.82, 2.24) is 0 Å². The van der Waals surface area contributed by atoms with Crippen LogP contribution in [-0.4, -0.2) is 5.54 Å². The molecule has 0 radical (unpaired) electrons. The molecule has 0 saturated heterocycles. The largest absolute Gasteiger partial charge is 0.325 e. The van der Waals surface area contributed by atoms with Gasteiger partial charge in [-0.3, -0.25) is 0 Å². The Hall–Kier alpha value is -0.890. The lowest BCUT2D eigenvalue weighted by atomic mass is 10.0. The summed E-state index contributed by atoms with van der Waals surface area (Å²) < 4.78 is 12.8. The highest BCUT2D eigenvalue weighted by Crippen LogP contribution is 2.36. The van der Waals surface area contributed by atoms with Gasteiger partial charge in [-0.05, 0) is 43.4 Å². The van der Waals surface area contributed by atoms with Crippen LogP contribution in [0.1, 0.15) is 24.8 Å². The van der Waals surface area contributed by atoms with Crippen molar-refractivity contribution in [2.75, 3.05) is 0 Å². The normalized spacial score (nSPS) is 18.6. The molecule has 1 aliphatic rings. The molecule has 0 aliphatic heterocycles. The first kappa shape index (κ1) is 8.70. The van der Waals surface area contributed by atoms with Crippen LogP contribution in [0.5, 0.6) is 0 Å². The molecule has 13 heavy (non-hydrogen) atoms. The number of aryl methyl sites for hydroxylation is 1. The fourth-order valence-electron chi connectivity index (χ4n) is 1.50. The van der Waals surface area contributed by atoms with Crippen LogP contribution in [0.2, 0.25) is 0 Å². The summed E-state index contributed by atoms with van der Waals surface area (Å²) in [4.78, 5) is 0. The maximum absolute atomic E-state index is 12.8. The lowest BCUT2D eigenvalue weighted by Gasteiger charge is -2.07. The zero-order valence-electron chi connectivity index (χ0n) is 7.59. The molecule has 0 aromatic heterocycles. The van der Waals surface area contributed by atoms with Crippen LogP contribution in [0.15, 0.2) is 24.3 Å². The Morgan fingerprint density at radius 1 is 1.38 bits per heavy atom. The summed E-state index contributed by atoms with van der Waals surface area (Å²) in [6.07, 6.45) is 4.13. The molecule has 0 bridgehead atoms. The van der Waals surface area contributed by atoms with Crippen molar-refractivity contribution in [3.05, 3.63) is 35.6 Å². The molecule has 0 spiro atoms. The third kappa shape index (κ3) is 2.28. The van der Waals surface area contributed by atoms with Crippen LogP contribution in [-0.2, 0) is 6.42 Å². The first-order valence-corrected chi connectivity index (χ1v) is 4.71. The first-order valence-electron chi connectivity index (χ1n) is 4.71. The van der Waals surface area contributed by atoms with Gasteiger partial charge in [0.15, 0.2) is 0 Å². The van der Waals surface area contributed by atoms with E-state index in [0.29, 0.717) is 0 Å². The SMILES string of the molecule is NC1(CCc2cccc(F)c2)CC1. The summed E-state index contributed by atoms with van der Waals surface area (Å²) in [6.45, 7) is 0. The quantitative estimate of drug-likeness (QED) is 0.756.